The summed E-state index contributed by atoms with van der Waals surface area (Å²) in [6.45, 7) is 7.87. The third kappa shape index (κ3) is 6.37. The highest BCUT2D eigenvalue weighted by Gasteiger charge is 2.20. The number of carbonyl (C=O) groups is 3. The van der Waals surface area contributed by atoms with Crippen LogP contribution in [0.2, 0.25) is 0 Å². The SMILES string of the molecule is CCN(CC(=O)NC(C)(C)C)C(=O)c1ccc(NC(N)=O)cc1. The molecule has 0 radical (unpaired) electrons. The molecule has 1 aromatic carbocycles. The third-order valence-corrected chi connectivity index (χ3v) is 2.92. The molecule has 0 aliphatic heterocycles. The van der Waals surface area contributed by atoms with Gasteiger partial charge < -0.3 is 21.3 Å². The van der Waals surface area contributed by atoms with Crippen LogP contribution in [-0.4, -0.2) is 41.4 Å². The quantitative estimate of drug-likeness (QED) is 0.766. The van der Waals surface area contributed by atoms with Crippen LogP contribution in [-0.2, 0) is 4.79 Å². The number of nitrogens with one attached hydrogen (secondary N) is 2. The molecule has 0 atom stereocenters. The van der Waals surface area contributed by atoms with Crippen LogP contribution in [0.4, 0.5) is 10.5 Å². The minimum Gasteiger partial charge on any atom is -0.351 e. The van der Waals surface area contributed by atoms with E-state index in [0.29, 0.717) is 17.8 Å². The van der Waals surface area contributed by atoms with E-state index in [4.69, 9.17) is 5.73 Å². The average molecular weight is 320 g/mol. The Morgan fingerprint density at radius 3 is 2.13 bits per heavy atom. The monoisotopic (exact) mass is 320 g/mol. The van der Waals surface area contributed by atoms with Crippen molar-refractivity contribution in [2.45, 2.75) is 33.2 Å². The molecule has 0 aliphatic rings. The Kier molecular flexibility index (Phi) is 6.12. The van der Waals surface area contributed by atoms with Gasteiger partial charge in [0.2, 0.25) is 5.91 Å². The topological polar surface area (TPSA) is 105 Å². The van der Waals surface area contributed by atoms with E-state index in [0.717, 1.165) is 0 Å². The predicted molar refractivity (Wildman–Crippen MR) is 89.1 cm³/mol. The number of hydrogen-bond acceptors (Lipinski definition) is 3. The standard InChI is InChI=1S/C16H24N4O3/c1-5-20(10-13(21)19-16(2,3)4)14(22)11-6-8-12(9-7-11)18-15(17)23/h6-9H,5,10H2,1-4H3,(H,19,21)(H3,17,18,23). The van der Waals surface area contributed by atoms with E-state index in [-0.39, 0.29) is 23.9 Å². The van der Waals surface area contributed by atoms with E-state index in [1.807, 2.05) is 27.7 Å². The fourth-order valence-electron chi connectivity index (χ4n) is 1.98. The number of anilines is 1. The van der Waals surface area contributed by atoms with Crippen molar-refractivity contribution in [3.63, 3.8) is 0 Å². The van der Waals surface area contributed by atoms with Crippen LogP contribution in [0.3, 0.4) is 0 Å². The van der Waals surface area contributed by atoms with Gasteiger partial charge in [-0.05, 0) is 52.0 Å². The average Bonchev–Trinajstić information content (AvgIpc) is 2.42. The summed E-state index contributed by atoms with van der Waals surface area (Å²) in [7, 11) is 0. The van der Waals surface area contributed by atoms with Gasteiger partial charge >= 0.3 is 6.03 Å². The van der Waals surface area contributed by atoms with Crippen molar-refractivity contribution in [1.82, 2.24) is 10.2 Å². The van der Waals surface area contributed by atoms with Crippen LogP contribution in [0.25, 0.3) is 0 Å². The Morgan fingerprint density at radius 1 is 1.13 bits per heavy atom. The molecular weight excluding hydrogens is 296 g/mol. The van der Waals surface area contributed by atoms with Gasteiger partial charge in [0.25, 0.3) is 5.91 Å². The van der Waals surface area contributed by atoms with Gasteiger partial charge in [-0.2, -0.15) is 0 Å². The molecule has 0 saturated carbocycles. The Bertz CT molecular complexity index is 576. The molecule has 126 valence electrons. The van der Waals surface area contributed by atoms with Crippen molar-refractivity contribution >= 4 is 23.5 Å². The highest BCUT2D eigenvalue weighted by Crippen LogP contribution is 2.11. The molecule has 0 heterocycles. The van der Waals surface area contributed by atoms with Crippen molar-refractivity contribution in [2.24, 2.45) is 5.73 Å². The summed E-state index contributed by atoms with van der Waals surface area (Å²) in [6, 6.07) is 5.66. The molecule has 0 fully saturated rings. The normalized spacial score (nSPS) is 10.8. The summed E-state index contributed by atoms with van der Waals surface area (Å²) in [5, 5.41) is 5.25. The molecular formula is C16H24N4O3. The fourth-order valence-corrected chi connectivity index (χ4v) is 1.98. The van der Waals surface area contributed by atoms with Crippen molar-refractivity contribution in [3.8, 4) is 0 Å². The first-order valence-electron chi connectivity index (χ1n) is 7.39. The van der Waals surface area contributed by atoms with Gasteiger partial charge in [0.1, 0.15) is 0 Å². The molecule has 0 spiro atoms. The van der Waals surface area contributed by atoms with Gasteiger partial charge in [-0.15, -0.1) is 0 Å². The van der Waals surface area contributed by atoms with E-state index >= 15 is 0 Å². The molecule has 1 rings (SSSR count). The number of rotatable bonds is 5. The van der Waals surface area contributed by atoms with Crippen LogP contribution in [0.1, 0.15) is 38.1 Å². The Balaban J connectivity index is 2.76. The summed E-state index contributed by atoms with van der Waals surface area (Å²) >= 11 is 0. The zero-order valence-electron chi connectivity index (χ0n) is 14.0. The molecule has 0 aliphatic carbocycles. The van der Waals surface area contributed by atoms with Gasteiger partial charge in [-0.1, -0.05) is 0 Å². The van der Waals surface area contributed by atoms with Crippen LogP contribution in [0.5, 0.6) is 0 Å². The fraction of sp³-hybridized carbons (Fsp3) is 0.438. The number of nitrogens with two attached hydrogens (primary N) is 1. The maximum atomic E-state index is 12.4. The van der Waals surface area contributed by atoms with Crippen LogP contribution >= 0.6 is 0 Å². The molecule has 23 heavy (non-hydrogen) atoms. The van der Waals surface area contributed by atoms with E-state index in [9.17, 15) is 14.4 Å². The van der Waals surface area contributed by atoms with E-state index in [1.165, 1.54) is 4.90 Å². The number of primary amides is 1. The van der Waals surface area contributed by atoms with E-state index in [1.54, 1.807) is 24.3 Å². The zero-order valence-corrected chi connectivity index (χ0v) is 14.0. The first-order valence-corrected chi connectivity index (χ1v) is 7.39. The largest absolute Gasteiger partial charge is 0.351 e. The summed E-state index contributed by atoms with van der Waals surface area (Å²) in [5.41, 5.74) is 5.62. The molecule has 4 N–H and O–H groups in total. The molecule has 7 nitrogen and oxygen atoms in total. The molecule has 0 saturated heterocycles. The number of amides is 4. The molecule has 0 aromatic heterocycles. The number of benzene rings is 1. The van der Waals surface area contributed by atoms with Gasteiger partial charge in [0.15, 0.2) is 0 Å². The van der Waals surface area contributed by atoms with Crippen LogP contribution in [0.15, 0.2) is 24.3 Å². The molecule has 1 aromatic rings. The lowest BCUT2D eigenvalue weighted by Crippen LogP contribution is -2.47. The predicted octanol–water partition coefficient (Wildman–Crippen LogP) is 1.55. The van der Waals surface area contributed by atoms with Crippen molar-refractivity contribution in [2.75, 3.05) is 18.4 Å². The van der Waals surface area contributed by atoms with Gasteiger partial charge in [0.05, 0.1) is 6.54 Å². The molecule has 7 heteroatoms. The number of likely N-dealkylation sites (N-methyl/N-ethyl adjacent to an activating group) is 1. The number of nitrogens with zero attached hydrogens (tertiary/aromatic N) is 1. The van der Waals surface area contributed by atoms with Crippen molar-refractivity contribution in [1.29, 1.82) is 0 Å². The van der Waals surface area contributed by atoms with E-state index < -0.39 is 6.03 Å². The summed E-state index contributed by atoms with van der Waals surface area (Å²) in [5.74, 6) is -0.457. The smallest absolute Gasteiger partial charge is 0.316 e. The molecule has 4 amide bonds. The highest BCUT2D eigenvalue weighted by atomic mass is 16.2. The highest BCUT2D eigenvalue weighted by molar-refractivity contribution is 5.97. The second kappa shape index (κ2) is 7.62. The number of hydrogen-bond donors (Lipinski definition) is 3. The first kappa shape index (κ1) is 18.5. The lowest BCUT2D eigenvalue weighted by Gasteiger charge is -2.25. The molecule has 0 unspecified atom stereocenters. The third-order valence-electron chi connectivity index (χ3n) is 2.92. The van der Waals surface area contributed by atoms with Gasteiger partial charge in [0, 0.05) is 23.3 Å². The number of carbonyl (C=O) groups excluding carboxylic acids is 3. The first-order chi connectivity index (χ1) is 10.6. The maximum Gasteiger partial charge on any atom is 0.316 e. The Morgan fingerprint density at radius 2 is 1.70 bits per heavy atom. The number of urea groups is 1. The van der Waals surface area contributed by atoms with Crippen molar-refractivity contribution in [3.05, 3.63) is 29.8 Å². The maximum absolute atomic E-state index is 12.4. The van der Waals surface area contributed by atoms with Crippen LogP contribution < -0.4 is 16.4 Å². The minimum atomic E-state index is -0.668. The Labute approximate surface area is 136 Å². The molecule has 0 bridgehead atoms. The second-order valence-corrected chi connectivity index (χ2v) is 6.18. The van der Waals surface area contributed by atoms with Gasteiger partial charge in [-0.25, -0.2) is 4.79 Å². The van der Waals surface area contributed by atoms with Crippen LogP contribution in [0, 0.1) is 0 Å². The lowest BCUT2D eigenvalue weighted by molar-refractivity contribution is -0.123. The summed E-state index contributed by atoms with van der Waals surface area (Å²) < 4.78 is 0. The summed E-state index contributed by atoms with van der Waals surface area (Å²) in [4.78, 5) is 36.6. The van der Waals surface area contributed by atoms with Gasteiger partial charge in [-0.3, -0.25) is 9.59 Å². The minimum absolute atomic E-state index is 0.00606. The lowest BCUT2D eigenvalue weighted by atomic mass is 10.1. The van der Waals surface area contributed by atoms with Crippen molar-refractivity contribution < 1.29 is 14.4 Å². The zero-order chi connectivity index (χ0) is 17.6. The second-order valence-electron chi connectivity index (χ2n) is 6.18. The van der Waals surface area contributed by atoms with E-state index in [2.05, 4.69) is 10.6 Å². The Hall–Kier alpha value is -2.57. The summed E-state index contributed by atoms with van der Waals surface area (Å²) in [6.07, 6.45) is 0.